The van der Waals surface area contributed by atoms with Gasteiger partial charge in [-0.25, -0.2) is 9.97 Å². The number of ether oxygens (including phenoxy) is 1. The van der Waals surface area contributed by atoms with E-state index in [0.29, 0.717) is 6.04 Å². The quantitative estimate of drug-likeness (QED) is 0.850. The van der Waals surface area contributed by atoms with Crippen LogP contribution >= 0.6 is 0 Å². The second kappa shape index (κ2) is 7.45. The van der Waals surface area contributed by atoms with Crippen LogP contribution in [-0.4, -0.2) is 57.1 Å². The maximum atomic E-state index is 5.37. The van der Waals surface area contributed by atoms with Gasteiger partial charge in [0.05, 0.1) is 13.2 Å². The number of nitrogens with one attached hydrogen (secondary N) is 1. The number of anilines is 1. The van der Waals surface area contributed by atoms with E-state index < -0.39 is 0 Å². The van der Waals surface area contributed by atoms with E-state index in [2.05, 4.69) is 41.9 Å². The summed E-state index contributed by atoms with van der Waals surface area (Å²) in [6, 6.07) is 0.438. The zero-order chi connectivity index (χ0) is 17.1. The van der Waals surface area contributed by atoms with Crippen molar-refractivity contribution in [2.75, 3.05) is 31.2 Å². The van der Waals surface area contributed by atoms with Crippen LogP contribution in [0.15, 0.2) is 12.4 Å². The number of morpholine rings is 1. The van der Waals surface area contributed by atoms with Gasteiger partial charge in [0.1, 0.15) is 11.6 Å². The van der Waals surface area contributed by atoms with Gasteiger partial charge in [-0.15, -0.1) is 10.2 Å². The van der Waals surface area contributed by atoms with Crippen molar-refractivity contribution in [2.45, 2.75) is 45.3 Å². The molecule has 4 rings (SSSR count). The molecule has 0 unspecified atom stereocenters. The monoisotopic (exact) mass is 343 g/mol. The van der Waals surface area contributed by atoms with Gasteiger partial charge in [0, 0.05) is 63.0 Å². The third-order valence-corrected chi connectivity index (χ3v) is 4.92. The Balaban J connectivity index is 1.32. The Labute approximate surface area is 147 Å². The lowest BCUT2D eigenvalue weighted by Gasteiger charge is -2.27. The number of aryl methyl sites for hydroxylation is 2. The Morgan fingerprint density at radius 1 is 1.20 bits per heavy atom. The normalized spacial score (nSPS) is 20.5. The molecule has 2 aromatic rings. The molecule has 0 amide bonds. The van der Waals surface area contributed by atoms with Crippen molar-refractivity contribution in [3.8, 4) is 0 Å². The van der Waals surface area contributed by atoms with Crippen molar-refractivity contribution < 1.29 is 4.74 Å². The average molecular weight is 343 g/mol. The van der Waals surface area contributed by atoms with E-state index in [1.807, 2.05) is 12.4 Å². The van der Waals surface area contributed by atoms with Crippen molar-refractivity contribution in [2.24, 2.45) is 0 Å². The first-order chi connectivity index (χ1) is 12.3. The summed E-state index contributed by atoms with van der Waals surface area (Å²) in [7, 11) is 0. The third-order valence-electron chi connectivity index (χ3n) is 4.92. The molecule has 0 radical (unpaired) electrons. The van der Waals surface area contributed by atoms with Gasteiger partial charge in [-0.1, -0.05) is 6.92 Å². The first-order valence-corrected chi connectivity index (χ1v) is 9.11. The molecular weight excluding hydrogens is 318 g/mol. The number of fused-ring (bicyclic) bond motifs is 1. The van der Waals surface area contributed by atoms with Crippen LogP contribution in [0.4, 0.5) is 5.95 Å². The van der Waals surface area contributed by atoms with E-state index >= 15 is 0 Å². The number of hydrogen-bond acceptors (Lipinski definition) is 7. The minimum atomic E-state index is 0.438. The van der Waals surface area contributed by atoms with E-state index in [-0.39, 0.29) is 0 Å². The van der Waals surface area contributed by atoms with Crippen LogP contribution in [0.2, 0.25) is 0 Å². The standard InChI is InChI=1S/C17H25N7O/c1-2-15-21-22-16-4-3-14(12-24(15)16)18-9-13-10-19-17(20-11-13)23-5-7-25-8-6-23/h10-11,14,18H,2-9,12H2,1H3/t14-/m1/s1. The molecule has 1 atom stereocenters. The zero-order valence-corrected chi connectivity index (χ0v) is 14.7. The second-order valence-corrected chi connectivity index (χ2v) is 6.60. The topological polar surface area (TPSA) is 81.0 Å². The molecule has 4 heterocycles. The predicted molar refractivity (Wildman–Crippen MR) is 93.4 cm³/mol. The van der Waals surface area contributed by atoms with Crippen molar-refractivity contribution in [1.29, 1.82) is 0 Å². The van der Waals surface area contributed by atoms with Gasteiger partial charge < -0.3 is 19.5 Å². The summed E-state index contributed by atoms with van der Waals surface area (Å²) in [5.41, 5.74) is 1.11. The Kier molecular flexibility index (Phi) is 4.89. The van der Waals surface area contributed by atoms with Crippen molar-refractivity contribution in [3.05, 3.63) is 29.6 Å². The molecule has 1 saturated heterocycles. The number of rotatable bonds is 5. The van der Waals surface area contributed by atoms with Gasteiger partial charge in [-0.05, 0) is 6.42 Å². The van der Waals surface area contributed by atoms with Crippen LogP contribution < -0.4 is 10.2 Å². The highest BCUT2D eigenvalue weighted by Gasteiger charge is 2.22. The maximum Gasteiger partial charge on any atom is 0.225 e. The first kappa shape index (κ1) is 16.4. The molecule has 2 aliphatic rings. The molecular formula is C17H25N7O. The molecule has 1 fully saturated rings. The van der Waals surface area contributed by atoms with E-state index in [9.17, 15) is 0 Å². The molecule has 2 aliphatic heterocycles. The Bertz CT molecular complexity index is 680. The minimum absolute atomic E-state index is 0.438. The Hall–Kier alpha value is -2.06. The van der Waals surface area contributed by atoms with Crippen molar-refractivity contribution in [3.63, 3.8) is 0 Å². The summed E-state index contributed by atoms with van der Waals surface area (Å²) in [5, 5.41) is 12.2. The summed E-state index contributed by atoms with van der Waals surface area (Å²) >= 11 is 0. The lowest BCUT2D eigenvalue weighted by molar-refractivity contribution is 0.122. The second-order valence-electron chi connectivity index (χ2n) is 6.60. The van der Waals surface area contributed by atoms with Crippen LogP contribution in [0.3, 0.4) is 0 Å². The highest BCUT2D eigenvalue weighted by Crippen LogP contribution is 2.16. The molecule has 0 aromatic carbocycles. The summed E-state index contributed by atoms with van der Waals surface area (Å²) in [6.07, 6.45) is 6.85. The Morgan fingerprint density at radius 2 is 2.00 bits per heavy atom. The fourth-order valence-electron chi connectivity index (χ4n) is 3.44. The molecule has 8 nitrogen and oxygen atoms in total. The lowest BCUT2D eigenvalue weighted by atomic mass is 10.1. The summed E-state index contributed by atoms with van der Waals surface area (Å²) < 4.78 is 7.63. The van der Waals surface area contributed by atoms with Gasteiger partial charge >= 0.3 is 0 Å². The molecule has 8 heteroatoms. The summed E-state index contributed by atoms with van der Waals surface area (Å²) in [6.45, 7) is 7.08. The van der Waals surface area contributed by atoms with Crippen molar-refractivity contribution in [1.82, 2.24) is 30.0 Å². The number of hydrogen-bond donors (Lipinski definition) is 1. The molecule has 1 N–H and O–H groups in total. The van der Waals surface area contributed by atoms with Crippen LogP contribution in [0, 0.1) is 0 Å². The molecule has 0 bridgehead atoms. The molecule has 0 saturated carbocycles. The van der Waals surface area contributed by atoms with Crippen LogP contribution in [0.25, 0.3) is 0 Å². The van der Waals surface area contributed by atoms with E-state index in [1.165, 1.54) is 0 Å². The summed E-state index contributed by atoms with van der Waals surface area (Å²) in [5.74, 6) is 3.00. The highest BCUT2D eigenvalue weighted by molar-refractivity contribution is 5.30. The molecule has 25 heavy (non-hydrogen) atoms. The summed E-state index contributed by atoms with van der Waals surface area (Å²) in [4.78, 5) is 11.2. The van der Waals surface area contributed by atoms with Crippen molar-refractivity contribution >= 4 is 5.95 Å². The van der Waals surface area contributed by atoms with Gasteiger partial charge in [0.25, 0.3) is 0 Å². The van der Waals surface area contributed by atoms with Crippen LogP contribution in [0.1, 0.15) is 30.6 Å². The fourth-order valence-corrected chi connectivity index (χ4v) is 3.44. The largest absolute Gasteiger partial charge is 0.378 e. The van der Waals surface area contributed by atoms with Gasteiger partial charge in [-0.2, -0.15) is 0 Å². The smallest absolute Gasteiger partial charge is 0.225 e. The van der Waals surface area contributed by atoms with Gasteiger partial charge in [-0.3, -0.25) is 0 Å². The molecule has 134 valence electrons. The molecule has 2 aromatic heterocycles. The van der Waals surface area contributed by atoms with Gasteiger partial charge in [0.15, 0.2) is 0 Å². The minimum Gasteiger partial charge on any atom is -0.378 e. The number of aromatic nitrogens is 5. The third kappa shape index (κ3) is 3.64. The fraction of sp³-hybridized carbons (Fsp3) is 0.647. The van der Waals surface area contributed by atoms with E-state index in [0.717, 1.165) is 81.8 Å². The first-order valence-electron chi connectivity index (χ1n) is 9.11. The number of nitrogens with zero attached hydrogens (tertiary/aromatic N) is 6. The average Bonchev–Trinajstić information content (AvgIpc) is 3.10. The Morgan fingerprint density at radius 3 is 2.76 bits per heavy atom. The van der Waals surface area contributed by atoms with Crippen LogP contribution in [0.5, 0.6) is 0 Å². The van der Waals surface area contributed by atoms with E-state index in [4.69, 9.17) is 4.74 Å². The van der Waals surface area contributed by atoms with Crippen LogP contribution in [-0.2, 0) is 30.7 Å². The maximum absolute atomic E-state index is 5.37. The molecule has 0 aliphatic carbocycles. The SMILES string of the molecule is CCc1nnc2n1C[C@H](NCc1cnc(N3CCOCC3)nc1)CC2. The molecule has 0 spiro atoms. The predicted octanol–water partition coefficient (Wildman–Crippen LogP) is 0.572. The zero-order valence-electron chi connectivity index (χ0n) is 14.7. The lowest BCUT2D eigenvalue weighted by Crippen LogP contribution is -2.38. The highest BCUT2D eigenvalue weighted by atomic mass is 16.5. The van der Waals surface area contributed by atoms with Gasteiger partial charge in [0.2, 0.25) is 5.95 Å². The van der Waals surface area contributed by atoms with E-state index in [1.54, 1.807) is 0 Å².